The molecule has 0 atom stereocenters. The van der Waals surface area contributed by atoms with Crippen LogP contribution in [0.15, 0.2) is 18.2 Å². The molecule has 5 heteroatoms. The van der Waals surface area contributed by atoms with Gasteiger partial charge in [-0.15, -0.1) is 0 Å². The average molecular weight is 254 g/mol. The van der Waals surface area contributed by atoms with E-state index in [1.165, 1.54) is 6.92 Å². The number of rotatable bonds is 2. The maximum atomic E-state index is 10.7. The van der Waals surface area contributed by atoms with E-state index in [2.05, 4.69) is 4.89 Å². The second-order valence-corrected chi connectivity index (χ2v) is 4.16. The molecule has 0 fully saturated rings. The second-order valence-electron chi connectivity index (χ2n) is 3.75. The average Bonchev–Trinajstić information content (AvgIpc) is 2.29. The van der Waals surface area contributed by atoms with E-state index >= 15 is 0 Å². The lowest BCUT2D eigenvalue weighted by molar-refractivity contribution is -0.210. The molecule has 0 spiro atoms. The van der Waals surface area contributed by atoms with Crippen LogP contribution in [-0.2, 0) is 9.68 Å². The topological polar surface area (TPSA) is 38.8 Å². The number of halogens is 1. The molecule has 1 aliphatic heterocycles. The fourth-order valence-corrected chi connectivity index (χ4v) is 1.92. The highest BCUT2D eigenvalue weighted by Gasteiger charge is 2.19. The van der Waals surface area contributed by atoms with Crippen molar-refractivity contribution >= 4 is 29.3 Å². The maximum Gasteiger partial charge on any atom is 0.352 e. The van der Waals surface area contributed by atoms with Crippen LogP contribution >= 0.6 is 11.6 Å². The minimum absolute atomic E-state index is 0.478. The number of hydrogen-bond donors (Lipinski definition) is 0. The summed E-state index contributed by atoms with van der Waals surface area (Å²) in [6.07, 6.45) is 3.93. The van der Waals surface area contributed by atoms with E-state index < -0.39 is 5.97 Å². The number of nitrogens with zero attached hydrogens (tertiary/aromatic N) is 1. The summed E-state index contributed by atoms with van der Waals surface area (Å²) in [7, 11) is 1.92. The lowest BCUT2D eigenvalue weighted by atomic mass is 10.1. The molecule has 0 bridgehead atoms. The van der Waals surface area contributed by atoms with E-state index in [-0.39, 0.29) is 0 Å². The Kier molecular flexibility index (Phi) is 3.24. The Labute approximate surface area is 104 Å². The van der Waals surface area contributed by atoms with Crippen LogP contribution in [0.1, 0.15) is 12.5 Å². The zero-order valence-electron chi connectivity index (χ0n) is 9.57. The van der Waals surface area contributed by atoms with E-state index in [9.17, 15) is 4.79 Å². The van der Waals surface area contributed by atoms with Crippen molar-refractivity contribution in [2.45, 2.75) is 6.92 Å². The summed E-state index contributed by atoms with van der Waals surface area (Å²) in [6, 6.07) is 3.39. The molecule has 17 heavy (non-hydrogen) atoms. The Morgan fingerprint density at radius 2 is 2.24 bits per heavy atom. The van der Waals surface area contributed by atoms with E-state index in [0.29, 0.717) is 10.8 Å². The molecule has 1 aromatic carbocycles. The third-order valence-electron chi connectivity index (χ3n) is 2.42. The fraction of sp³-hybridized carbons (Fsp3) is 0.250. The first-order chi connectivity index (χ1) is 8.09. The Hall–Kier alpha value is -1.68. The Morgan fingerprint density at radius 3 is 2.94 bits per heavy atom. The number of carbonyl (C=O) groups excluding carboxylic acids is 1. The van der Waals surface area contributed by atoms with Gasteiger partial charge in [0.25, 0.3) is 0 Å². The monoisotopic (exact) mass is 253 g/mol. The molecule has 1 aliphatic rings. The third-order valence-corrected chi connectivity index (χ3v) is 2.75. The van der Waals surface area contributed by atoms with Crippen LogP contribution in [0.2, 0.25) is 5.02 Å². The Morgan fingerprint density at radius 1 is 1.47 bits per heavy atom. The van der Waals surface area contributed by atoms with Gasteiger partial charge >= 0.3 is 5.97 Å². The minimum atomic E-state index is -0.497. The molecule has 1 heterocycles. The molecule has 0 amide bonds. The maximum absolute atomic E-state index is 10.7. The van der Waals surface area contributed by atoms with E-state index in [4.69, 9.17) is 16.5 Å². The van der Waals surface area contributed by atoms with Crippen molar-refractivity contribution < 1.29 is 14.6 Å². The quantitative estimate of drug-likeness (QED) is 0.600. The second kappa shape index (κ2) is 4.67. The van der Waals surface area contributed by atoms with Crippen molar-refractivity contribution in [3.8, 4) is 5.75 Å². The van der Waals surface area contributed by atoms with Gasteiger partial charge in [-0.1, -0.05) is 23.8 Å². The number of likely N-dealkylation sites (N-methyl/N-ethyl adjacent to an activating group) is 1. The van der Waals surface area contributed by atoms with E-state index in [1.807, 2.05) is 24.1 Å². The lowest BCUT2D eigenvalue weighted by Crippen LogP contribution is -2.21. The molecule has 90 valence electrons. The fourth-order valence-electron chi connectivity index (χ4n) is 1.71. The number of fused-ring (bicyclic) bond motifs is 1. The first-order valence-electron chi connectivity index (χ1n) is 5.15. The van der Waals surface area contributed by atoms with Crippen LogP contribution in [-0.4, -0.2) is 19.6 Å². The van der Waals surface area contributed by atoms with Gasteiger partial charge in [-0.2, -0.15) is 0 Å². The molecule has 2 rings (SSSR count). The Bertz CT molecular complexity index is 485. The smallest absolute Gasteiger partial charge is 0.352 e. The van der Waals surface area contributed by atoms with Crippen LogP contribution in [0.5, 0.6) is 5.75 Å². The normalized spacial score (nSPS) is 13.2. The highest BCUT2D eigenvalue weighted by Crippen LogP contribution is 2.39. The molecule has 0 N–H and O–H groups in total. The largest absolute Gasteiger partial charge is 0.367 e. The molecule has 0 saturated heterocycles. The van der Waals surface area contributed by atoms with Gasteiger partial charge in [-0.25, -0.2) is 4.79 Å². The first kappa shape index (κ1) is 11.8. The van der Waals surface area contributed by atoms with Gasteiger partial charge < -0.3 is 4.90 Å². The van der Waals surface area contributed by atoms with Crippen molar-refractivity contribution in [3.05, 3.63) is 28.8 Å². The van der Waals surface area contributed by atoms with Crippen molar-refractivity contribution in [2.24, 2.45) is 0 Å². The van der Waals surface area contributed by atoms with Crippen molar-refractivity contribution in [2.75, 3.05) is 18.5 Å². The van der Waals surface area contributed by atoms with Crippen molar-refractivity contribution in [3.63, 3.8) is 0 Å². The molecule has 0 saturated carbocycles. The van der Waals surface area contributed by atoms with Gasteiger partial charge in [-0.05, 0) is 12.1 Å². The summed E-state index contributed by atoms with van der Waals surface area (Å²) >= 11 is 6.10. The van der Waals surface area contributed by atoms with Crippen LogP contribution in [0.25, 0.3) is 6.08 Å². The van der Waals surface area contributed by atoms with E-state index in [1.54, 1.807) is 12.1 Å². The third kappa shape index (κ3) is 2.36. The van der Waals surface area contributed by atoms with Crippen LogP contribution in [0.4, 0.5) is 5.69 Å². The van der Waals surface area contributed by atoms with Crippen LogP contribution < -0.4 is 9.79 Å². The summed E-state index contributed by atoms with van der Waals surface area (Å²) in [4.78, 5) is 22.3. The van der Waals surface area contributed by atoms with Crippen LogP contribution in [0.3, 0.4) is 0 Å². The zero-order chi connectivity index (χ0) is 12.4. The summed E-state index contributed by atoms with van der Waals surface area (Å²) in [5.41, 5.74) is 1.69. The molecule has 0 radical (unpaired) electrons. The minimum Gasteiger partial charge on any atom is -0.367 e. The predicted octanol–water partition coefficient (Wildman–Crippen LogP) is 2.66. The van der Waals surface area contributed by atoms with Gasteiger partial charge in [0, 0.05) is 26.1 Å². The summed E-state index contributed by atoms with van der Waals surface area (Å²) in [5.74, 6) is -0.0193. The van der Waals surface area contributed by atoms with Crippen LogP contribution in [0, 0.1) is 0 Å². The van der Waals surface area contributed by atoms with Gasteiger partial charge in [0.15, 0.2) is 0 Å². The molecular formula is C12H12ClNO3. The van der Waals surface area contributed by atoms with Gasteiger partial charge in [0.05, 0.1) is 10.7 Å². The highest BCUT2D eigenvalue weighted by atomic mass is 35.5. The molecule has 0 unspecified atom stereocenters. The molecule has 1 aromatic rings. The number of anilines is 1. The number of hydrogen-bond acceptors (Lipinski definition) is 4. The molecule has 0 aliphatic carbocycles. The van der Waals surface area contributed by atoms with Gasteiger partial charge in [0.2, 0.25) is 5.75 Å². The van der Waals surface area contributed by atoms with Crippen molar-refractivity contribution in [1.29, 1.82) is 0 Å². The van der Waals surface area contributed by atoms with Gasteiger partial charge in [-0.3, -0.25) is 9.78 Å². The predicted molar refractivity (Wildman–Crippen MR) is 66.2 cm³/mol. The Balaban J connectivity index is 2.40. The standard InChI is InChI=1S/C12H12ClNO3/c1-8(15)16-17-11-6-5-10(13)9-4-3-7-14(2)12(9)11/h3-6H,7H2,1-2H3. The SMILES string of the molecule is CC(=O)OOc1ccc(Cl)c2c1N(C)CC=C2. The number of carbonyl (C=O) groups is 1. The summed E-state index contributed by atoms with van der Waals surface area (Å²) in [6.45, 7) is 2.04. The first-order valence-corrected chi connectivity index (χ1v) is 5.52. The highest BCUT2D eigenvalue weighted by molar-refractivity contribution is 6.32. The molecule has 0 aromatic heterocycles. The molecule has 4 nitrogen and oxygen atoms in total. The lowest BCUT2D eigenvalue weighted by Gasteiger charge is -2.25. The van der Waals surface area contributed by atoms with E-state index in [0.717, 1.165) is 17.8 Å². The number of benzene rings is 1. The van der Waals surface area contributed by atoms with Crippen molar-refractivity contribution in [1.82, 2.24) is 0 Å². The summed E-state index contributed by atoms with van der Waals surface area (Å²) < 4.78 is 0. The summed E-state index contributed by atoms with van der Waals surface area (Å²) in [5, 5.41) is 0.637. The molecular weight excluding hydrogens is 242 g/mol. The zero-order valence-corrected chi connectivity index (χ0v) is 10.3. The van der Waals surface area contributed by atoms with Gasteiger partial charge in [0.1, 0.15) is 0 Å².